The Labute approximate surface area is 192 Å². The van der Waals surface area contributed by atoms with Crippen molar-refractivity contribution < 1.29 is 9.53 Å². The van der Waals surface area contributed by atoms with Crippen molar-refractivity contribution in [2.75, 3.05) is 13.1 Å². The smallest absolute Gasteiger partial charge is 0.211 e. The van der Waals surface area contributed by atoms with Gasteiger partial charge in [-0.2, -0.15) is 0 Å². The number of ketones is 1. The predicted octanol–water partition coefficient (Wildman–Crippen LogP) is 6.20. The highest BCUT2D eigenvalue weighted by atomic mass is 16.5. The van der Waals surface area contributed by atoms with Gasteiger partial charge in [-0.05, 0) is 75.1 Å². The molecule has 1 unspecified atom stereocenters. The lowest BCUT2D eigenvalue weighted by Crippen LogP contribution is -2.40. The van der Waals surface area contributed by atoms with Gasteiger partial charge in [-0.3, -0.25) is 14.1 Å². The van der Waals surface area contributed by atoms with Crippen LogP contribution in [0.25, 0.3) is 5.65 Å². The fourth-order valence-corrected chi connectivity index (χ4v) is 4.17. The molecule has 5 heteroatoms. The minimum Gasteiger partial charge on any atom is -0.475 e. The van der Waals surface area contributed by atoms with Crippen LogP contribution in [0.1, 0.15) is 80.2 Å². The standard InChI is InChI=1S/C27H37N3O2/c1-6-9-15-29(16-10-7-2)26(8-3)32-23-13-11-22(12-14-23)27(31)24-19-28-25-18-20(4)17-21(5)30(24)25/h11-14,17-19,26H,6-10,15-16H2,1-5H3. The molecule has 0 spiro atoms. The van der Waals surface area contributed by atoms with Crippen LogP contribution in [-0.2, 0) is 0 Å². The van der Waals surface area contributed by atoms with Crippen molar-refractivity contribution in [1.82, 2.24) is 14.3 Å². The van der Waals surface area contributed by atoms with E-state index < -0.39 is 0 Å². The molecule has 172 valence electrons. The second-order valence-electron chi connectivity index (χ2n) is 8.59. The summed E-state index contributed by atoms with van der Waals surface area (Å²) in [5.74, 6) is 0.770. The number of rotatable bonds is 12. The van der Waals surface area contributed by atoms with Gasteiger partial charge in [0.05, 0.1) is 6.20 Å². The van der Waals surface area contributed by atoms with Gasteiger partial charge in [-0.1, -0.05) is 33.6 Å². The monoisotopic (exact) mass is 435 g/mol. The Hall–Kier alpha value is -2.66. The number of pyridine rings is 1. The molecule has 0 N–H and O–H groups in total. The highest BCUT2D eigenvalue weighted by Gasteiger charge is 2.19. The van der Waals surface area contributed by atoms with E-state index in [4.69, 9.17) is 4.74 Å². The first kappa shape index (κ1) is 24.0. The summed E-state index contributed by atoms with van der Waals surface area (Å²) in [6.07, 6.45) is 7.36. The average Bonchev–Trinajstić information content (AvgIpc) is 3.22. The van der Waals surface area contributed by atoms with Crippen LogP contribution in [0.5, 0.6) is 5.75 Å². The summed E-state index contributed by atoms with van der Waals surface area (Å²) >= 11 is 0. The number of fused-ring (bicyclic) bond motifs is 1. The second-order valence-corrected chi connectivity index (χ2v) is 8.59. The van der Waals surface area contributed by atoms with Gasteiger partial charge in [0.1, 0.15) is 17.1 Å². The van der Waals surface area contributed by atoms with E-state index >= 15 is 0 Å². The van der Waals surface area contributed by atoms with Crippen LogP contribution in [-0.4, -0.2) is 39.4 Å². The first-order valence-corrected chi connectivity index (χ1v) is 12.0. The Morgan fingerprint density at radius 2 is 1.69 bits per heavy atom. The quantitative estimate of drug-likeness (QED) is 0.251. The van der Waals surface area contributed by atoms with E-state index in [0.717, 1.165) is 42.2 Å². The molecule has 0 aliphatic heterocycles. The van der Waals surface area contributed by atoms with Gasteiger partial charge in [0.25, 0.3) is 0 Å². The fourth-order valence-electron chi connectivity index (χ4n) is 4.17. The molecular formula is C27H37N3O2. The molecule has 0 aliphatic carbocycles. The summed E-state index contributed by atoms with van der Waals surface area (Å²) in [5, 5.41) is 0. The largest absolute Gasteiger partial charge is 0.475 e. The molecule has 0 amide bonds. The molecule has 3 aromatic rings. The lowest BCUT2D eigenvalue weighted by molar-refractivity contribution is 0.0202. The number of carbonyl (C=O) groups excluding carboxylic acids is 1. The van der Waals surface area contributed by atoms with Crippen molar-refractivity contribution in [2.24, 2.45) is 0 Å². The Morgan fingerprint density at radius 3 is 2.28 bits per heavy atom. The van der Waals surface area contributed by atoms with Crippen molar-refractivity contribution in [1.29, 1.82) is 0 Å². The summed E-state index contributed by atoms with van der Waals surface area (Å²) in [7, 11) is 0. The molecule has 3 rings (SSSR count). The third-order valence-electron chi connectivity index (χ3n) is 5.91. The molecule has 2 heterocycles. The minimum absolute atomic E-state index is 0.0319. The van der Waals surface area contributed by atoms with E-state index in [2.05, 4.69) is 36.7 Å². The molecule has 32 heavy (non-hydrogen) atoms. The van der Waals surface area contributed by atoms with Gasteiger partial charge in [0.2, 0.25) is 5.78 Å². The molecule has 0 radical (unpaired) electrons. The summed E-state index contributed by atoms with van der Waals surface area (Å²) in [6.45, 7) is 12.8. The van der Waals surface area contributed by atoms with Gasteiger partial charge in [0.15, 0.2) is 6.23 Å². The zero-order chi connectivity index (χ0) is 23.1. The SMILES string of the molecule is CCCCN(CCCC)C(CC)Oc1ccc(C(=O)c2cnc3cc(C)cc(C)n23)cc1. The van der Waals surface area contributed by atoms with Crippen LogP contribution in [0.3, 0.4) is 0 Å². The van der Waals surface area contributed by atoms with Crippen molar-refractivity contribution in [2.45, 2.75) is 73.0 Å². The maximum Gasteiger partial charge on any atom is 0.211 e. The highest BCUT2D eigenvalue weighted by molar-refractivity contribution is 6.08. The van der Waals surface area contributed by atoms with Crippen LogP contribution in [0.15, 0.2) is 42.6 Å². The number of hydrogen-bond acceptors (Lipinski definition) is 4. The molecule has 1 aromatic carbocycles. The van der Waals surface area contributed by atoms with Gasteiger partial charge in [-0.25, -0.2) is 4.98 Å². The van der Waals surface area contributed by atoms with Crippen molar-refractivity contribution in [3.05, 3.63) is 65.1 Å². The van der Waals surface area contributed by atoms with Crippen molar-refractivity contribution in [3.8, 4) is 5.75 Å². The third-order valence-corrected chi connectivity index (χ3v) is 5.91. The number of aromatic nitrogens is 2. The second kappa shape index (κ2) is 11.3. The molecule has 0 bridgehead atoms. The number of ether oxygens (including phenoxy) is 1. The van der Waals surface area contributed by atoms with E-state index in [1.165, 1.54) is 25.7 Å². The molecule has 0 saturated carbocycles. The zero-order valence-corrected chi connectivity index (χ0v) is 20.2. The number of carbonyl (C=O) groups is 1. The molecule has 5 nitrogen and oxygen atoms in total. The Morgan fingerprint density at radius 1 is 1.03 bits per heavy atom. The summed E-state index contributed by atoms with van der Waals surface area (Å²) in [4.78, 5) is 20.1. The van der Waals surface area contributed by atoms with Gasteiger partial charge < -0.3 is 4.74 Å². The Balaban J connectivity index is 1.76. The normalized spacial score (nSPS) is 12.4. The molecule has 0 fully saturated rings. The number of benzene rings is 1. The average molecular weight is 436 g/mol. The first-order valence-electron chi connectivity index (χ1n) is 12.0. The van der Waals surface area contributed by atoms with Crippen LogP contribution >= 0.6 is 0 Å². The number of imidazole rings is 1. The highest BCUT2D eigenvalue weighted by Crippen LogP contribution is 2.21. The molecular weight excluding hydrogens is 398 g/mol. The fraction of sp³-hybridized carbons (Fsp3) is 0.481. The van der Waals surface area contributed by atoms with E-state index in [-0.39, 0.29) is 12.0 Å². The van der Waals surface area contributed by atoms with Crippen molar-refractivity contribution >= 4 is 11.4 Å². The van der Waals surface area contributed by atoms with Gasteiger partial charge in [0, 0.05) is 24.3 Å². The van der Waals surface area contributed by atoms with Crippen LogP contribution in [0, 0.1) is 13.8 Å². The van der Waals surface area contributed by atoms with Gasteiger partial charge >= 0.3 is 0 Å². The van der Waals surface area contributed by atoms with E-state index in [1.54, 1.807) is 6.20 Å². The molecule has 0 aliphatic rings. The molecule has 0 saturated heterocycles. The van der Waals surface area contributed by atoms with E-state index in [9.17, 15) is 4.79 Å². The van der Waals surface area contributed by atoms with E-state index in [1.807, 2.05) is 48.6 Å². The summed E-state index contributed by atoms with van der Waals surface area (Å²) in [6, 6.07) is 11.6. The van der Waals surface area contributed by atoms with Crippen LogP contribution < -0.4 is 4.74 Å². The lowest BCUT2D eigenvalue weighted by atomic mass is 10.1. The Kier molecular flexibility index (Phi) is 8.46. The lowest BCUT2D eigenvalue weighted by Gasteiger charge is -2.31. The van der Waals surface area contributed by atoms with Crippen LogP contribution in [0.4, 0.5) is 0 Å². The topological polar surface area (TPSA) is 46.8 Å². The minimum atomic E-state index is -0.0319. The number of aryl methyl sites for hydroxylation is 2. The summed E-state index contributed by atoms with van der Waals surface area (Å²) < 4.78 is 8.27. The first-order chi connectivity index (χ1) is 15.5. The molecule has 1 atom stereocenters. The zero-order valence-electron chi connectivity index (χ0n) is 20.2. The van der Waals surface area contributed by atoms with E-state index in [0.29, 0.717) is 11.3 Å². The number of hydrogen-bond donors (Lipinski definition) is 0. The van der Waals surface area contributed by atoms with Crippen molar-refractivity contribution in [3.63, 3.8) is 0 Å². The Bertz CT molecular complexity index is 1020. The van der Waals surface area contributed by atoms with Gasteiger partial charge in [-0.15, -0.1) is 0 Å². The number of unbranched alkanes of at least 4 members (excludes halogenated alkanes) is 2. The summed E-state index contributed by atoms with van der Waals surface area (Å²) in [5.41, 5.74) is 4.17. The maximum absolute atomic E-state index is 13.2. The maximum atomic E-state index is 13.2. The third kappa shape index (κ3) is 5.57. The van der Waals surface area contributed by atoms with Crippen LogP contribution in [0.2, 0.25) is 0 Å². The molecule has 2 aromatic heterocycles. The predicted molar refractivity (Wildman–Crippen MR) is 131 cm³/mol. The number of nitrogens with zero attached hydrogens (tertiary/aromatic N) is 3.